The summed E-state index contributed by atoms with van der Waals surface area (Å²) in [4.78, 5) is 14.6. The van der Waals surface area contributed by atoms with Gasteiger partial charge in [0.1, 0.15) is 0 Å². The van der Waals surface area contributed by atoms with Crippen LogP contribution in [-0.2, 0) is 6.42 Å². The highest BCUT2D eigenvalue weighted by atomic mass is 32.2. The average Bonchev–Trinajstić information content (AvgIpc) is 3.19. The molecule has 0 heterocycles. The lowest BCUT2D eigenvalue weighted by Gasteiger charge is -2.30. The Morgan fingerprint density at radius 2 is 2.17 bits per heavy atom. The predicted octanol–water partition coefficient (Wildman–Crippen LogP) is 2.96. The average molecular weight is 334 g/mol. The van der Waals surface area contributed by atoms with E-state index in [2.05, 4.69) is 29.8 Å². The molecule has 126 valence electrons. The number of carbonyl (C=O) groups is 1. The summed E-state index contributed by atoms with van der Waals surface area (Å²) in [6.45, 7) is 0.397. The normalized spacial score (nSPS) is 26.1. The molecule has 23 heavy (non-hydrogen) atoms. The lowest BCUT2D eigenvalue weighted by molar-refractivity contribution is 0.149. The highest BCUT2D eigenvalue weighted by Crippen LogP contribution is 2.36. The van der Waals surface area contributed by atoms with Crippen molar-refractivity contribution in [3.05, 3.63) is 35.4 Å². The highest BCUT2D eigenvalue weighted by Gasteiger charge is 2.32. The van der Waals surface area contributed by atoms with Gasteiger partial charge in [-0.05, 0) is 49.5 Å². The van der Waals surface area contributed by atoms with Crippen LogP contribution in [0, 0.1) is 0 Å². The topological polar surface area (TPSA) is 52.6 Å². The maximum absolute atomic E-state index is 12.8. The van der Waals surface area contributed by atoms with Crippen molar-refractivity contribution in [3.63, 3.8) is 0 Å². The summed E-state index contributed by atoms with van der Waals surface area (Å²) in [6, 6.07) is 8.70. The number of urea groups is 1. The summed E-state index contributed by atoms with van der Waals surface area (Å²) >= 11 is 1.89. The number of nitrogens with one attached hydrogen (secondary N) is 1. The summed E-state index contributed by atoms with van der Waals surface area (Å²) in [5, 5.41) is 13.3. The van der Waals surface area contributed by atoms with Crippen LogP contribution in [-0.4, -0.2) is 46.7 Å². The molecule has 3 unspecified atom stereocenters. The van der Waals surface area contributed by atoms with Gasteiger partial charge in [0.2, 0.25) is 0 Å². The van der Waals surface area contributed by atoms with Gasteiger partial charge in [-0.3, -0.25) is 0 Å². The van der Waals surface area contributed by atoms with Gasteiger partial charge in [0.05, 0.1) is 12.6 Å². The third-order valence-electron chi connectivity index (χ3n) is 5.12. The molecule has 2 amide bonds. The fraction of sp³-hybridized carbons (Fsp3) is 0.611. The largest absolute Gasteiger partial charge is 0.395 e. The number of thioether (sulfide) groups is 1. The fourth-order valence-electron chi connectivity index (χ4n) is 3.91. The van der Waals surface area contributed by atoms with Crippen LogP contribution in [0.1, 0.15) is 42.9 Å². The molecule has 0 spiro atoms. The number of amides is 2. The number of rotatable bonds is 5. The zero-order chi connectivity index (χ0) is 16.2. The first-order valence-electron chi connectivity index (χ1n) is 8.51. The maximum Gasteiger partial charge on any atom is 0.318 e. The van der Waals surface area contributed by atoms with Crippen molar-refractivity contribution in [2.75, 3.05) is 19.4 Å². The smallest absolute Gasteiger partial charge is 0.318 e. The number of aryl methyl sites for hydroxylation is 1. The zero-order valence-corrected chi connectivity index (χ0v) is 14.5. The maximum atomic E-state index is 12.8. The van der Waals surface area contributed by atoms with Gasteiger partial charge in [0.15, 0.2) is 0 Å². The molecule has 2 N–H and O–H groups in total. The first-order chi connectivity index (χ1) is 11.2. The van der Waals surface area contributed by atoms with Crippen molar-refractivity contribution in [3.8, 4) is 0 Å². The van der Waals surface area contributed by atoms with Gasteiger partial charge < -0.3 is 15.3 Å². The van der Waals surface area contributed by atoms with Crippen LogP contribution >= 0.6 is 11.8 Å². The minimum atomic E-state index is -0.0208. The minimum Gasteiger partial charge on any atom is -0.395 e. The van der Waals surface area contributed by atoms with E-state index in [1.54, 1.807) is 0 Å². The van der Waals surface area contributed by atoms with Gasteiger partial charge in [-0.25, -0.2) is 4.79 Å². The number of benzene rings is 1. The first kappa shape index (κ1) is 16.7. The molecule has 3 rings (SSSR count). The Morgan fingerprint density at radius 3 is 2.91 bits per heavy atom. The Labute approximate surface area is 142 Å². The summed E-state index contributed by atoms with van der Waals surface area (Å²) in [5.41, 5.74) is 2.57. The number of fused-ring (bicyclic) bond motifs is 1. The van der Waals surface area contributed by atoms with Crippen LogP contribution in [0.5, 0.6) is 0 Å². The van der Waals surface area contributed by atoms with Crippen molar-refractivity contribution < 1.29 is 9.90 Å². The molecular weight excluding hydrogens is 308 g/mol. The second kappa shape index (κ2) is 7.58. The van der Waals surface area contributed by atoms with Gasteiger partial charge in [-0.15, -0.1) is 0 Å². The third kappa shape index (κ3) is 3.66. The van der Waals surface area contributed by atoms with Crippen molar-refractivity contribution >= 4 is 17.8 Å². The molecule has 0 aliphatic heterocycles. The van der Waals surface area contributed by atoms with Gasteiger partial charge in [0, 0.05) is 17.8 Å². The Hall–Kier alpha value is -1.20. The summed E-state index contributed by atoms with van der Waals surface area (Å²) < 4.78 is 0. The number of hydrogen-bond donors (Lipinski definition) is 2. The van der Waals surface area contributed by atoms with Crippen molar-refractivity contribution in [2.45, 2.75) is 49.4 Å². The van der Waals surface area contributed by atoms with E-state index >= 15 is 0 Å². The molecule has 0 aromatic heterocycles. The lowest BCUT2D eigenvalue weighted by Crippen LogP contribution is -2.46. The van der Waals surface area contributed by atoms with E-state index in [0.29, 0.717) is 11.8 Å². The molecule has 1 aromatic rings. The second-order valence-corrected chi connectivity index (χ2v) is 7.63. The monoisotopic (exact) mass is 334 g/mol. The predicted molar refractivity (Wildman–Crippen MR) is 94.8 cm³/mol. The van der Waals surface area contributed by atoms with Crippen LogP contribution in [0.3, 0.4) is 0 Å². The molecule has 2 aliphatic carbocycles. The van der Waals surface area contributed by atoms with Gasteiger partial charge in [0.25, 0.3) is 0 Å². The fourth-order valence-corrected chi connectivity index (χ4v) is 4.70. The molecular formula is C18H26N2O2S. The zero-order valence-electron chi connectivity index (χ0n) is 13.7. The standard InChI is InChI=1S/C18H26N2O2S/c1-23-15-8-7-14(12-15)19-18(22)20(10-11-21)17-9-6-13-4-2-3-5-16(13)17/h2-5,14-15,17,21H,6-12H2,1H3,(H,19,22). The molecule has 0 radical (unpaired) electrons. The molecule has 4 nitrogen and oxygen atoms in total. The number of nitrogens with zero attached hydrogens (tertiary/aromatic N) is 1. The van der Waals surface area contributed by atoms with Crippen molar-refractivity contribution in [2.24, 2.45) is 0 Å². The lowest BCUT2D eigenvalue weighted by atomic mass is 10.1. The second-order valence-electron chi connectivity index (χ2n) is 6.49. The molecule has 2 aliphatic rings. The number of aliphatic hydroxyl groups excluding tert-OH is 1. The van der Waals surface area contributed by atoms with Crippen molar-refractivity contribution in [1.82, 2.24) is 10.2 Å². The van der Waals surface area contributed by atoms with Gasteiger partial charge in [-0.2, -0.15) is 11.8 Å². The molecule has 5 heteroatoms. The van der Waals surface area contributed by atoms with Gasteiger partial charge in [-0.1, -0.05) is 24.3 Å². The van der Waals surface area contributed by atoms with E-state index in [9.17, 15) is 9.90 Å². The van der Waals surface area contributed by atoms with Gasteiger partial charge >= 0.3 is 6.03 Å². The third-order valence-corrected chi connectivity index (χ3v) is 6.22. The molecule has 3 atom stereocenters. The molecule has 0 bridgehead atoms. The summed E-state index contributed by atoms with van der Waals surface area (Å²) in [5.74, 6) is 0. The molecule has 1 saturated carbocycles. The minimum absolute atomic E-state index is 0.00416. The van der Waals surface area contributed by atoms with E-state index in [1.165, 1.54) is 17.5 Å². The van der Waals surface area contributed by atoms with E-state index in [4.69, 9.17) is 0 Å². The Balaban J connectivity index is 1.68. The first-order valence-corrected chi connectivity index (χ1v) is 9.80. The quantitative estimate of drug-likeness (QED) is 0.870. The Morgan fingerprint density at radius 1 is 1.35 bits per heavy atom. The van der Waals surface area contributed by atoms with Crippen LogP contribution < -0.4 is 5.32 Å². The summed E-state index contributed by atoms with van der Waals surface area (Å²) in [7, 11) is 0. The summed E-state index contributed by atoms with van der Waals surface area (Å²) in [6.07, 6.45) is 7.40. The molecule has 0 saturated heterocycles. The van der Waals surface area contributed by atoms with E-state index in [-0.39, 0.29) is 24.7 Å². The number of carbonyl (C=O) groups excluding carboxylic acids is 1. The van der Waals surface area contributed by atoms with E-state index in [1.807, 2.05) is 22.7 Å². The SMILES string of the molecule is CSC1CCC(NC(=O)N(CCO)C2CCc3ccccc32)C1. The molecule has 1 aromatic carbocycles. The van der Waals surface area contributed by atoms with Crippen molar-refractivity contribution in [1.29, 1.82) is 0 Å². The Bertz CT molecular complexity index is 552. The highest BCUT2D eigenvalue weighted by molar-refractivity contribution is 7.99. The number of hydrogen-bond acceptors (Lipinski definition) is 3. The number of aliphatic hydroxyl groups is 1. The van der Waals surface area contributed by atoms with Crippen LogP contribution in [0.4, 0.5) is 4.79 Å². The van der Waals surface area contributed by atoms with E-state index < -0.39 is 0 Å². The van der Waals surface area contributed by atoms with Crippen LogP contribution in [0.15, 0.2) is 24.3 Å². The van der Waals surface area contributed by atoms with E-state index in [0.717, 1.165) is 25.7 Å². The van der Waals surface area contributed by atoms with Crippen LogP contribution in [0.2, 0.25) is 0 Å². The van der Waals surface area contributed by atoms with Crippen LogP contribution in [0.25, 0.3) is 0 Å². The molecule has 1 fully saturated rings. The Kier molecular flexibility index (Phi) is 5.49.